The summed E-state index contributed by atoms with van der Waals surface area (Å²) in [6.07, 6.45) is 32.6. The Labute approximate surface area is 183 Å². The molecule has 0 N–H and O–H groups in total. The smallest absolute Gasteiger partial charge is 0.0346 e. The lowest BCUT2D eigenvalue weighted by Gasteiger charge is -2.38. The number of rotatable bonds is 17. The highest BCUT2D eigenvalue weighted by Crippen LogP contribution is 2.26. The monoisotopic (exact) mass is 404 g/mol. The van der Waals surface area contributed by atoms with Crippen LogP contribution in [-0.4, -0.2) is 29.7 Å². The average Bonchev–Trinajstić information content (AvgIpc) is 2.96. The second kappa shape index (κ2) is 17.2. The van der Waals surface area contributed by atoms with Gasteiger partial charge in [0.25, 0.3) is 0 Å². The molecule has 0 bridgehead atoms. The summed E-state index contributed by atoms with van der Waals surface area (Å²) in [5.74, 6) is 0. The SMILES string of the molecule is CCCCCCCCCCCCCCCCCCN1CCCCC2=CCCCN21. The molecule has 0 amide bonds. The van der Waals surface area contributed by atoms with Crippen LogP contribution in [-0.2, 0) is 0 Å². The normalized spacial score (nSPS) is 17.8. The maximum atomic E-state index is 2.68. The van der Waals surface area contributed by atoms with Crippen LogP contribution >= 0.6 is 0 Å². The van der Waals surface area contributed by atoms with Crippen LogP contribution in [0.4, 0.5) is 0 Å². The van der Waals surface area contributed by atoms with Gasteiger partial charge in [-0.25, -0.2) is 5.01 Å². The maximum Gasteiger partial charge on any atom is 0.0346 e. The van der Waals surface area contributed by atoms with Gasteiger partial charge in [0.1, 0.15) is 0 Å². The van der Waals surface area contributed by atoms with Crippen LogP contribution in [0.1, 0.15) is 142 Å². The molecule has 2 aliphatic rings. The Kier molecular flexibility index (Phi) is 14.7. The molecular formula is C27H52N2. The molecule has 0 spiro atoms. The summed E-state index contributed by atoms with van der Waals surface area (Å²) in [6.45, 7) is 6.15. The fraction of sp³-hybridized carbons (Fsp3) is 0.926. The van der Waals surface area contributed by atoms with Crippen molar-refractivity contribution in [1.29, 1.82) is 0 Å². The number of hydrogen-bond acceptors (Lipinski definition) is 2. The van der Waals surface area contributed by atoms with E-state index in [1.807, 2.05) is 0 Å². The van der Waals surface area contributed by atoms with Crippen molar-refractivity contribution >= 4 is 0 Å². The van der Waals surface area contributed by atoms with Crippen molar-refractivity contribution in [1.82, 2.24) is 10.0 Å². The van der Waals surface area contributed by atoms with E-state index in [1.54, 1.807) is 5.70 Å². The van der Waals surface area contributed by atoms with E-state index in [0.717, 1.165) is 0 Å². The molecule has 2 heterocycles. The summed E-state index contributed by atoms with van der Waals surface area (Å²) in [5, 5.41) is 5.32. The van der Waals surface area contributed by atoms with Crippen molar-refractivity contribution in [2.24, 2.45) is 0 Å². The molecule has 170 valence electrons. The van der Waals surface area contributed by atoms with Crippen LogP contribution in [0.15, 0.2) is 11.8 Å². The molecule has 2 aliphatic heterocycles. The molecule has 2 rings (SSSR count). The zero-order valence-electron chi connectivity index (χ0n) is 19.9. The van der Waals surface area contributed by atoms with Gasteiger partial charge in [-0.15, -0.1) is 0 Å². The summed E-state index contributed by atoms with van der Waals surface area (Å²) in [7, 11) is 0. The van der Waals surface area contributed by atoms with Gasteiger partial charge in [-0.1, -0.05) is 109 Å². The first kappa shape index (κ1) is 24.8. The van der Waals surface area contributed by atoms with Gasteiger partial charge in [0.15, 0.2) is 0 Å². The van der Waals surface area contributed by atoms with Crippen LogP contribution in [0.25, 0.3) is 0 Å². The second-order valence-electron chi connectivity index (χ2n) is 9.67. The second-order valence-corrected chi connectivity index (χ2v) is 9.67. The molecule has 0 atom stereocenters. The lowest BCUT2D eigenvalue weighted by atomic mass is 10.0. The van der Waals surface area contributed by atoms with Gasteiger partial charge in [-0.2, -0.15) is 0 Å². The largest absolute Gasteiger partial charge is 0.310 e. The highest BCUT2D eigenvalue weighted by Gasteiger charge is 2.22. The number of hydrogen-bond donors (Lipinski definition) is 0. The number of hydrazine groups is 1. The highest BCUT2D eigenvalue weighted by molar-refractivity contribution is 5.04. The summed E-state index contributed by atoms with van der Waals surface area (Å²) < 4.78 is 0. The molecule has 2 heteroatoms. The standard InChI is InChI=1S/C27H52N2/c1-2-3-4-5-6-7-8-9-10-11-12-13-14-15-16-19-24-28-25-20-17-22-27-23-18-21-26-29(27)28/h23H,2-22,24-26H2,1H3. The zero-order chi connectivity index (χ0) is 20.4. The molecular weight excluding hydrogens is 352 g/mol. The van der Waals surface area contributed by atoms with E-state index in [1.165, 1.54) is 154 Å². The zero-order valence-corrected chi connectivity index (χ0v) is 19.9. The first-order valence-electron chi connectivity index (χ1n) is 13.6. The molecule has 29 heavy (non-hydrogen) atoms. The first-order chi connectivity index (χ1) is 14.4. The first-order valence-corrected chi connectivity index (χ1v) is 13.6. The van der Waals surface area contributed by atoms with E-state index >= 15 is 0 Å². The van der Waals surface area contributed by atoms with Crippen molar-refractivity contribution in [3.8, 4) is 0 Å². The van der Waals surface area contributed by atoms with Crippen molar-refractivity contribution in [2.45, 2.75) is 142 Å². The van der Waals surface area contributed by atoms with Crippen LogP contribution in [0.2, 0.25) is 0 Å². The molecule has 0 aromatic heterocycles. The number of nitrogens with zero attached hydrogens (tertiary/aromatic N) is 2. The molecule has 1 fully saturated rings. The predicted molar refractivity (Wildman–Crippen MR) is 129 cm³/mol. The molecule has 2 nitrogen and oxygen atoms in total. The van der Waals surface area contributed by atoms with Crippen LogP contribution in [0.3, 0.4) is 0 Å². The van der Waals surface area contributed by atoms with Gasteiger partial charge in [0, 0.05) is 25.3 Å². The van der Waals surface area contributed by atoms with E-state index in [-0.39, 0.29) is 0 Å². The maximum absolute atomic E-state index is 2.68. The summed E-state index contributed by atoms with van der Waals surface area (Å²) in [6, 6.07) is 0. The highest BCUT2D eigenvalue weighted by atomic mass is 15.6. The van der Waals surface area contributed by atoms with E-state index in [0.29, 0.717) is 0 Å². The molecule has 0 unspecified atom stereocenters. The molecule has 1 saturated heterocycles. The minimum atomic E-state index is 1.27. The fourth-order valence-corrected chi connectivity index (χ4v) is 5.11. The third-order valence-corrected chi connectivity index (χ3v) is 7.00. The van der Waals surface area contributed by atoms with Crippen molar-refractivity contribution in [3.05, 3.63) is 11.8 Å². The minimum absolute atomic E-state index is 1.27. The van der Waals surface area contributed by atoms with Gasteiger partial charge >= 0.3 is 0 Å². The molecule has 0 aromatic carbocycles. The lowest BCUT2D eigenvalue weighted by molar-refractivity contribution is 0.00570. The Balaban J connectivity index is 1.35. The molecule has 0 aliphatic carbocycles. The van der Waals surface area contributed by atoms with E-state index in [9.17, 15) is 0 Å². The third kappa shape index (κ3) is 11.5. The predicted octanol–water partition coefficient (Wildman–Crippen LogP) is 8.63. The number of unbranched alkanes of at least 4 members (excludes halogenated alkanes) is 15. The Hall–Kier alpha value is -0.500. The molecule has 0 aromatic rings. The quantitative estimate of drug-likeness (QED) is 0.224. The van der Waals surface area contributed by atoms with Crippen molar-refractivity contribution in [3.63, 3.8) is 0 Å². The Morgan fingerprint density at radius 1 is 0.621 bits per heavy atom. The van der Waals surface area contributed by atoms with Gasteiger partial charge in [-0.05, 0) is 38.5 Å². The number of fused-ring (bicyclic) bond motifs is 1. The molecule has 0 radical (unpaired) electrons. The average molecular weight is 405 g/mol. The van der Waals surface area contributed by atoms with Gasteiger partial charge in [0.05, 0.1) is 0 Å². The van der Waals surface area contributed by atoms with Crippen LogP contribution in [0, 0.1) is 0 Å². The van der Waals surface area contributed by atoms with E-state index in [2.05, 4.69) is 23.0 Å². The third-order valence-electron chi connectivity index (χ3n) is 7.00. The molecule has 0 saturated carbocycles. The lowest BCUT2D eigenvalue weighted by Crippen LogP contribution is -2.43. The fourth-order valence-electron chi connectivity index (χ4n) is 5.11. The summed E-state index contributed by atoms with van der Waals surface area (Å²) in [5.41, 5.74) is 1.63. The number of allylic oxidation sites excluding steroid dienone is 2. The van der Waals surface area contributed by atoms with Crippen LogP contribution in [0.5, 0.6) is 0 Å². The van der Waals surface area contributed by atoms with Gasteiger partial charge < -0.3 is 5.01 Å². The van der Waals surface area contributed by atoms with Crippen molar-refractivity contribution < 1.29 is 0 Å². The Morgan fingerprint density at radius 3 is 1.76 bits per heavy atom. The summed E-state index contributed by atoms with van der Waals surface area (Å²) >= 11 is 0. The van der Waals surface area contributed by atoms with Crippen LogP contribution < -0.4 is 0 Å². The van der Waals surface area contributed by atoms with Crippen molar-refractivity contribution in [2.75, 3.05) is 19.6 Å². The van der Waals surface area contributed by atoms with E-state index in [4.69, 9.17) is 0 Å². The van der Waals surface area contributed by atoms with E-state index < -0.39 is 0 Å². The van der Waals surface area contributed by atoms with Gasteiger partial charge in [0.2, 0.25) is 0 Å². The summed E-state index contributed by atoms with van der Waals surface area (Å²) in [4.78, 5) is 0. The Morgan fingerprint density at radius 2 is 1.17 bits per heavy atom. The van der Waals surface area contributed by atoms with Gasteiger partial charge in [-0.3, -0.25) is 0 Å². The minimum Gasteiger partial charge on any atom is -0.310 e. The topological polar surface area (TPSA) is 6.48 Å². The Bertz CT molecular complexity index is 403.